The Kier molecular flexibility index (Phi) is 7.70. The van der Waals surface area contributed by atoms with Gasteiger partial charge in [0.2, 0.25) is 0 Å². The zero-order valence-corrected chi connectivity index (χ0v) is 33.5. The van der Waals surface area contributed by atoms with Crippen LogP contribution in [0.4, 0.5) is 17.1 Å². The molecule has 12 rings (SSSR count). The third kappa shape index (κ3) is 5.35. The zero-order chi connectivity index (χ0) is 39.9. The first kappa shape index (κ1) is 34.4. The van der Waals surface area contributed by atoms with Crippen LogP contribution in [-0.4, -0.2) is 4.57 Å². The molecule has 0 bridgehead atoms. The van der Waals surface area contributed by atoms with Crippen LogP contribution in [0.15, 0.2) is 206 Å². The highest BCUT2D eigenvalue weighted by Crippen LogP contribution is 2.52. The Hall–Kier alpha value is -7.68. The van der Waals surface area contributed by atoms with Gasteiger partial charge in [0.15, 0.2) is 0 Å². The zero-order valence-electron chi connectivity index (χ0n) is 33.5. The minimum absolute atomic E-state index is 1.14. The lowest BCUT2D eigenvalue weighted by Gasteiger charge is -2.31. The molecule has 1 aliphatic carbocycles. The molecule has 0 N–H and O–H groups in total. The molecule has 2 nitrogen and oxygen atoms in total. The topological polar surface area (TPSA) is 8.17 Å². The normalized spacial score (nSPS) is 11.8. The smallest absolute Gasteiger partial charge is 0.0541 e. The molecule has 0 spiro atoms. The van der Waals surface area contributed by atoms with Crippen LogP contribution < -0.4 is 4.90 Å². The molecule has 0 saturated heterocycles. The van der Waals surface area contributed by atoms with E-state index in [9.17, 15) is 0 Å². The van der Waals surface area contributed by atoms with Gasteiger partial charge >= 0.3 is 0 Å². The van der Waals surface area contributed by atoms with E-state index in [1.807, 2.05) is 0 Å². The second-order valence-electron chi connectivity index (χ2n) is 16.3. The first-order valence-electron chi connectivity index (χ1n) is 20.8. The summed E-state index contributed by atoms with van der Waals surface area (Å²) < 4.78 is 2.41. The fraction of sp³-hybridized carbons (Fsp3) is 0.0345. The molecule has 282 valence electrons. The summed E-state index contributed by atoms with van der Waals surface area (Å²) in [6.07, 6.45) is 0. The van der Waals surface area contributed by atoms with Gasteiger partial charge in [0.1, 0.15) is 0 Å². The lowest BCUT2D eigenvalue weighted by molar-refractivity contribution is 1.19. The SMILES string of the molecule is Cc1cccc(C)c1N(c1ccc2cc3c(cc2c1)-c1cc2cc(-n4c5ccccc5c5ccccc54)ccc2cc1-3)c1ccc(-c2ccccc2)cc1-c1ccccc1. The predicted molar refractivity (Wildman–Crippen MR) is 255 cm³/mol. The first-order valence-corrected chi connectivity index (χ1v) is 20.8. The van der Waals surface area contributed by atoms with Gasteiger partial charge in [0, 0.05) is 27.7 Å². The molecule has 1 heterocycles. The number of fused-ring (bicyclic) bond motifs is 9. The predicted octanol–water partition coefficient (Wildman–Crippen LogP) is 16.2. The van der Waals surface area contributed by atoms with Gasteiger partial charge in [-0.3, -0.25) is 0 Å². The molecule has 10 aromatic carbocycles. The first-order chi connectivity index (χ1) is 29.6. The highest BCUT2D eigenvalue weighted by Gasteiger charge is 2.26. The Labute approximate surface area is 349 Å². The van der Waals surface area contributed by atoms with Crippen LogP contribution in [0.25, 0.3) is 93.5 Å². The van der Waals surface area contributed by atoms with Gasteiger partial charge in [-0.1, -0.05) is 133 Å². The van der Waals surface area contributed by atoms with Crippen molar-refractivity contribution in [2.24, 2.45) is 0 Å². The number of hydrogen-bond acceptors (Lipinski definition) is 1. The van der Waals surface area contributed by atoms with E-state index in [0.717, 1.165) is 11.4 Å². The fourth-order valence-corrected chi connectivity index (χ4v) is 9.82. The molecule has 0 radical (unpaired) electrons. The Morgan fingerprint density at radius 2 is 0.883 bits per heavy atom. The molecule has 0 fully saturated rings. The van der Waals surface area contributed by atoms with Gasteiger partial charge in [0.05, 0.1) is 22.4 Å². The van der Waals surface area contributed by atoms with Gasteiger partial charge < -0.3 is 9.47 Å². The molecule has 11 aromatic rings. The molecule has 60 heavy (non-hydrogen) atoms. The van der Waals surface area contributed by atoms with E-state index in [1.165, 1.54) is 110 Å². The Balaban J connectivity index is 0.999. The van der Waals surface area contributed by atoms with E-state index in [2.05, 4.69) is 230 Å². The van der Waals surface area contributed by atoms with Gasteiger partial charge in [-0.05, 0) is 158 Å². The summed E-state index contributed by atoms with van der Waals surface area (Å²) in [6, 6.07) is 76.1. The summed E-state index contributed by atoms with van der Waals surface area (Å²) >= 11 is 0. The van der Waals surface area contributed by atoms with Crippen LogP contribution in [-0.2, 0) is 0 Å². The van der Waals surface area contributed by atoms with E-state index in [0.29, 0.717) is 0 Å². The lowest BCUT2D eigenvalue weighted by Crippen LogP contribution is -2.14. The van der Waals surface area contributed by atoms with Crippen LogP contribution in [0, 0.1) is 13.8 Å². The van der Waals surface area contributed by atoms with Gasteiger partial charge in [-0.15, -0.1) is 0 Å². The number of nitrogens with zero attached hydrogens (tertiary/aromatic N) is 2. The average molecular weight is 765 g/mol. The number of aryl methyl sites for hydroxylation is 2. The third-order valence-electron chi connectivity index (χ3n) is 12.7. The van der Waals surface area contributed by atoms with Gasteiger partial charge in [-0.25, -0.2) is 0 Å². The monoisotopic (exact) mass is 764 g/mol. The highest BCUT2D eigenvalue weighted by molar-refractivity contribution is 6.13. The van der Waals surface area contributed by atoms with Crippen LogP contribution in [0.5, 0.6) is 0 Å². The van der Waals surface area contributed by atoms with Crippen molar-refractivity contribution in [2.45, 2.75) is 13.8 Å². The number of aromatic nitrogens is 1. The van der Waals surface area contributed by atoms with Crippen molar-refractivity contribution >= 4 is 60.4 Å². The summed E-state index contributed by atoms with van der Waals surface area (Å²) in [5.74, 6) is 0. The van der Waals surface area contributed by atoms with Crippen molar-refractivity contribution in [1.29, 1.82) is 0 Å². The molecular formula is C58H40N2. The largest absolute Gasteiger partial charge is 0.309 e. The summed E-state index contributed by atoms with van der Waals surface area (Å²) in [5, 5.41) is 7.55. The molecule has 1 aromatic heterocycles. The summed E-state index contributed by atoms with van der Waals surface area (Å²) in [7, 11) is 0. The van der Waals surface area contributed by atoms with E-state index in [4.69, 9.17) is 0 Å². The van der Waals surface area contributed by atoms with Crippen molar-refractivity contribution in [3.8, 4) is 50.2 Å². The average Bonchev–Trinajstić information content (AvgIpc) is 3.64. The second kappa shape index (κ2) is 13.4. The van der Waals surface area contributed by atoms with Gasteiger partial charge in [0.25, 0.3) is 0 Å². The highest BCUT2D eigenvalue weighted by atomic mass is 15.1. The molecule has 0 aliphatic heterocycles. The lowest BCUT2D eigenvalue weighted by atomic mass is 9.78. The van der Waals surface area contributed by atoms with Crippen molar-refractivity contribution in [1.82, 2.24) is 4.57 Å². The minimum Gasteiger partial charge on any atom is -0.309 e. The van der Waals surface area contributed by atoms with Crippen LogP contribution in [0.1, 0.15) is 11.1 Å². The summed E-state index contributed by atoms with van der Waals surface area (Å²) in [5.41, 5.74) is 19.7. The van der Waals surface area contributed by atoms with E-state index >= 15 is 0 Å². The van der Waals surface area contributed by atoms with Crippen molar-refractivity contribution in [3.63, 3.8) is 0 Å². The number of hydrogen-bond donors (Lipinski definition) is 0. The molecule has 0 amide bonds. The standard InChI is InChI=1S/C58H40N2/c1-37-14-13-15-38(2)58(37)60(57-29-26-41(39-16-5-3-6-17-39)32-50(57)40-18-7-4-8-19-40)47-28-25-43-34-52-51-33-42-24-27-46(30-44(42)35-53(51)54(52)36-45(43)31-47)59-55-22-11-9-20-48(55)49-21-10-12-23-56(49)59/h3-36H,1-2H3. The Morgan fingerprint density at radius 3 is 1.52 bits per heavy atom. The molecule has 2 heteroatoms. The minimum atomic E-state index is 1.14. The van der Waals surface area contributed by atoms with E-state index in [1.54, 1.807) is 0 Å². The molecule has 0 saturated carbocycles. The third-order valence-corrected chi connectivity index (χ3v) is 12.7. The Bertz CT molecular complexity index is 3430. The number of rotatable bonds is 6. The second-order valence-corrected chi connectivity index (χ2v) is 16.3. The van der Waals surface area contributed by atoms with Crippen molar-refractivity contribution in [2.75, 3.05) is 4.90 Å². The van der Waals surface area contributed by atoms with Crippen LogP contribution in [0.2, 0.25) is 0 Å². The number of para-hydroxylation sites is 3. The summed E-state index contributed by atoms with van der Waals surface area (Å²) in [6.45, 7) is 4.46. The van der Waals surface area contributed by atoms with E-state index in [-0.39, 0.29) is 0 Å². The Morgan fingerprint density at radius 1 is 0.350 bits per heavy atom. The van der Waals surface area contributed by atoms with E-state index < -0.39 is 0 Å². The fourth-order valence-electron chi connectivity index (χ4n) is 9.82. The number of anilines is 3. The quantitative estimate of drug-likeness (QED) is 0.164. The molecule has 0 unspecified atom stereocenters. The molecular weight excluding hydrogens is 725 g/mol. The van der Waals surface area contributed by atoms with Crippen LogP contribution >= 0.6 is 0 Å². The maximum atomic E-state index is 2.48. The summed E-state index contributed by atoms with van der Waals surface area (Å²) in [4.78, 5) is 2.48. The maximum Gasteiger partial charge on any atom is 0.0541 e. The van der Waals surface area contributed by atoms with Crippen molar-refractivity contribution in [3.05, 3.63) is 217 Å². The number of benzene rings is 10. The van der Waals surface area contributed by atoms with Crippen molar-refractivity contribution < 1.29 is 0 Å². The van der Waals surface area contributed by atoms with Crippen LogP contribution in [0.3, 0.4) is 0 Å². The molecule has 0 atom stereocenters. The van der Waals surface area contributed by atoms with Gasteiger partial charge in [-0.2, -0.15) is 0 Å². The maximum absolute atomic E-state index is 2.48. The molecule has 1 aliphatic rings.